The van der Waals surface area contributed by atoms with Crippen molar-refractivity contribution < 1.29 is 14.3 Å². The van der Waals surface area contributed by atoms with Crippen molar-refractivity contribution in [3.8, 4) is 11.1 Å². The summed E-state index contributed by atoms with van der Waals surface area (Å²) in [4.78, 5) is 28.4. The van der Waals surface area contributed by atoms with Crippen molar-refractivity contribution >= 4 is 51.6 Å². The fourth-order valence-corrected chi connectivity index (χ4v) is 3.97. The summed E-state index contributed by atoms with van der Waals surface area (Å²) in [5.74, 6) is -0.696. The minimum atomic E-state index is -0.542. The van der Waals surface area contributed by atoms with Crippen LogP contribution in [0.4, 0.5) is 5.00 Å². The van der Waals surface area contributed by atoms with Crippen LogP contribution in [0.2, 0.25) is 5.02 Å². The van der Waals surface area contributed by atoms with Crippen molar-refractivity contribution in [2.75, 3.05) is 18.2 Å². The molecule has 0 aliphatic rings. The van der Waals surface area contributed by atoms with Gasteiger partial charge >= 0.3 is 5.97 Å². The van der Waals surface area contributed by atoms with E-state index in [2.05, 4.69) is 20.5 Å². The lowest BCUT2D eigenvalue weighted by Crippen LogP contribution is -2.16. The van der Waals surface area contributed by atoms with Gasteiger partial charge in [-0.1, -0.05) is 41.6 Å². The number of H-pyrrole nitrogens is 1. The van der Waals surface area contributed by atoms with Gasteiger partial charge in [0.05, 0.1) is 12.9 Å². The van der Waals surface area contributed by atoms with Crippen LogP contribution in [0.1, 0.15) is 10.4 Å². The lowest BCUT2D eigenvalue weighted by Gasteiger charge is -2.08. The van der Waals surface area contributed by atoms with Gasteiger partial charge in [-0.05, 0) is 6.07 Å². The number of carbonyl (C=O) groups is 2. The number of halogens is 1. The number of rotatable bonds is 6. The van der Waals surface area contributed by atoms with E-state index in [0.29, 0.717) is 26.3 Å². The molecule has 0 saturated carbocycles. The molecule has 7 nitrogen and oxygen atoms in total. The van der Waals surface area contributed by atoms with E-state index in [1.165, 1.54) is 36.5 Å². The number of thioether (sulfide) groups is 1. The molecule has 0 spiro atoms. The van der Waals surface area contributed by atoms with Gasteiger partial charge in [0, 0.05) is 21.5 Å². The van der Waals surface area contributed by atoms with E-state index < -0.39 is 5.97 Å². The zero-order valence-electron chi connectivity index (χ0n) is 13.5. The standard InChI is InChI=1S/C16H13ClN4O3S2/c1-24-15(23)13-10(9-4-2-3-5-11(9)17)6-25-14(13)20-12(22)7-26-16-18-8-19-21-16/h2-6,8H,7H2,1H3,(H,20,22)(H,18,19,21). The minimum Gasteiger partial charge on any atom is -0.465 e. The van der Waals surface area contributed by atoms with Crippen LogP contribution < -0.4 is 5.32 Å². The summed E-state index contributed by atoms with van der Waals surface area (Å²) in [7, 11) is 1.29. The third-order valence-corrected chi connectivity index (χ3v) is 5.43. The molecule has 0 bridgehead atoms. The van der Waals surface area contributed by atoms with Gasteiger partial charge in [0.2, 0.25) is 5.91 Å². The second-order valence-electron chi connectivity index (χ2n) is 4.95. The molecule has 2 aromatic heterocycles. The van der Waals surface area contributed by atoms with E-state index >= 15 is 0 Å². The summed E-state index contributed by atoms with van der Waals surface area (Å²) in [5, 5.41) is 12.4. The number of ether oxygens (including phenoxy) is 1. The van der Waals surface area contributed by atoms with Gasteiger partial charge < -0.3 is 10.1 Å². The number of nitrogens with zero attached hydrogens (tertiary/aromatic N) is 2. The average molecular weight is 409 g/mol. The molecule has 0 atom stereocenters. The van der Waals surface area contributed by atoms with Crippen molar-refractivity contribution in [2.24, 2.45) is 0 Å². The molecule has 0 aliphatic carbocycles. The molecular formula is C16H13ClN4O3S2. The fourth-order valence-electron chi connectivity index (χ4n) is 2.19. The second-order valence-corrected chi connectivity index (χ2v) is 7.20. The maximum Gasteiger partial charge on any atom is 0.341 e. The highest BCUT2D eigenvalue weighted by atomic mass is 35.5. The molecule has 0 aliphatic heterocycles. The molecule has 10 heteroatoms. The Morgan fingerprint density at radius 1 is 1.35 bits per heavy atom. The molecule has 0 saturated heterocycles. The molecule has 134 valence electrons. The summed E-state index contributed by atoms with van der Waals surface area (Å²) in [5.41, 5.74) is 1.59. The minimum absolute atomic E-state index is 0.120. The Kier molecular flexibility index (Phi) is 5.92. The second kappa shape index (κ2) is 8.35. The van der Waals surface area contributed by atoms with Crippen LogP contribution in [0.15, 0.2) is 41.1 Å². The van der Waals surface area contributed by atoms with Gasteiger partial charge in [0.25, 0.3) is 0 Å². The van der Waals surface area contributed by atoms with E-state index in [0.717, 1.165) is 0 Å². The number of methoxy groups -OCH3 is 1. The molecule has 0 unspecified atom stereocenters. The first kappa shape index (κ1) is 18.4. The first-order valence-corrected chi connectivity index (χ1v) is 9.57. The lowest BCUT2D eigenvalue weighted by atomic mass is 10.0. The van der Waals surface area contributed by atoms with Gasteiger partial charge in [0.1, 0.15) is 16.9 Å². The van der Waals surface area contributed by atoms with Crippen LogP contribution in [0.5, 0.6) is 0 Å². The summed E-state index contributed by atoms with van der Waals surface area (Å²) in [6.07, 6.45) is 1.37. The Morgan fingerprint density at radius 3 is 2.85 bits per heavy atom. The van der Waals surface area contributed by atoms with Crippen molar-refractivity contribution in [1.82, 2.24) is 15.2 Å². The fraction of sp³-hybridized carbons (Fsp3) is 0.125. The third kappa shape index (κ3) is 4.06. The maximum absolute atomic E-state index is 12.3. The molecule has 2 N–H and O–H groups in total. The van der Waals surface area contributed by atoms with Crippen LogP contribution in [0.25, 0.3) is 11.1 Å². The molecule has 0 radical (unpaired) electrons. The predicted molar refractivity (Wildman–Crippen MR) is 102 cm³/mol. The van der Waals surface area contributed by atoms with Crippen molar-refractivity contribution in [3.05, 3.63) is 46.6 Å². The topological polar surface area (TPSA) is 97.0 Å². The largest absolute Gasteiger partial charge is 0.465 e. The molecule has 0 fully saturated rings. The summed E-state index contributed by atoms with van der Waals surface area (Å²) < 4.78 is 4.88. The van der Waals surface area contributed by atoms with Crippen LogP contribution in [-0.2, 0) is 9.53 Å². The molecule has 1 aromatic carbocycles. The van der Waals surface area contributed by atoms with Gasteiger partial charge in [-0.25, -0.2) is 9.78 Å². The number of aromatic amines is 1. The highest BCUT2D eigenvalue weighted by molar-refractivity contribution is 7.99. The summed E-state index contributed by atoms with van der Waals surface area (Å²) in [6, 6.07) is 7.18. The normalized spacial score (nSPS) is 10.5. The smallest absolute Gasteiger partial charge is 0.341 e. The molecule has 3 rings (SSSR count). The zero-order chi connectivity index (χ0) is 18.5. The van der Waals surface area contributed by atoms with E-state index in [4.69, 9.17) is 16.3 Å². The van der Waals surface area contributed by atoms with Crippen LogP contribution >= 0.6 is 34.7 Å². The number of benzene rings is 1. The first-order chi connectivity index (χ1) is 12.6. The van der Waals surface area contributed by atoms with Gasteiger partial charge in [-0.3, -0.25) is 9.89 Å². The Hall–Kier alpha value is -2.36. The zero-order valence-corrected chi connectivity index (χ0v) is 15.9. The van der Waals surface area contributed by atoms with Crippen LogP contribution in [0, 0.1) is 0 Å². The lowest BCUT2D eigenvalue weighted by molar-refractivity contribution is -0.113. The Labute approximate surface area is 162 Å². The highest BCUT2D eigenvalue weighted by Gasteiger charge is 2.23. The molecular weight excluding hydrogens is 396 g/mol. The molecule has 2 heterocycles. The van der Waals surface area contributed by atoms with E-state index in [1.807, 2.05) is 12.1 Å². The summed E-state index contributed by atoms with van der Waals surface area (Å²) >= 11 is 8.69. The quantitative estimate of drug-likeness (QED) is 0.476. The summed E-state index contributed by atoms with van der Waals surface area (Å²) in [6.45, 7) is 0. The monoisotopic (exact) mass is 408 g/mol. The SMILES string of the molecule is COC(=O)c1c(-c2ccccc2Cl)csc1NC(=O)CSc1ncn[nH]1. The molecule has 1 amide bonds. The van der Waals surface area contributed by atoms with Gasteiger partial charge in [-0.15, -0.1) is 11.3 Å². The first-order valence-electron chi connectivity index (χ1n) is 7.33. The maximum atomic E-state index is 12.3. The third-order valence-electron chi connectivity index (χ3n) is 3.33. The highest BCUT2D eigenvalue weighted by Crippen LogP contribution is 2.39. The molecule has 3 aromatic rings. The number of nitrogens with one attached hydrogen (secondary N) is 2. The Bertz CT molecular complexity index is 927. The van der Waals surface area contributed by atoms with Crippen molar-refractivity contribution in [3.63, 3.8) is 0 Å². The Balaban J connectivity index is 1.84. The number of anilines is 1. The average Bonchev–Trinajstić information content (AvgIpc) is 3.29. The predicted octanol–water partition coefficient (Wildman–Crippen LogP) is 3.70. The number of thiophene rings is 1. The van der Waals surface area contributed by atoms with E-state index in [-0.39, 0.29) is 17.2 Å². The van der Waals surface area contributed by atoms with E-state index in [1.54, 1.807) is 17.5 Å². The van der Waals surface area contributed by atoms with Crippen molar-refractivity contribution in [2.45, 2.75) is 5.16 Å². The van der Waals surface area contributed by atoms with Gasteiger partial charge in [0.15, 0.2) is 5.16 Å². The number of esters is 1. The van der Waals surface area contributed by atoms with Crippen molar-refractivity contribution in [1.29, 1.82) is 0 Å². The van der Waals surface area contributed by atoms with Crippen LogP contribution in [-0.4, -0.2) is 39.9 Å². The number of aromatic nitrogens is 3. The van der Waals surface area contributed by atoms with E-state index in [9.17, 15) is 9.59 Å². The van der Waals surface area contributed by atoms with Gasteiger partial charge in [-0.2, -0.15) is 5.10 Å². The molecule has 26 heavy (non-hydrogen) atoms. The Morgan fingerprint density at radius 2 is 2.15 bits per heavy atom. The number of amides is 1. The number of carbonyl (C=O) groups excluding carboxylic acids is 2. The van der Waals surface area contributed by atoms with Crippen LogP contribution in [0.3, 0.4) is 0 Å². The number of hydrogen-bond acceptors (Lipinski definition) is 7. The number of hydrogen-bond donors (Lipinski definition) is 2.